The lowest BCUT2D eigenvalue weighted by atomic mass is 9.72. The van der Waals surface area contributed by atoms with Crippen molar-refractivity contribution in [1.82, 2.24) is 5.32 Å². The maximum atomic E-state index is 6.36. The Morgan fingerprint density at radius 2 is 2.20 bits per heavy atom. The highest BCUT2D eigenvalue weighted by Crippen LogP contribution is 2.39. The third-order valence-electron chi connectivity index (χ3n) is 4.32. The van der Waals surface area contributed by atoms with Crippen LogP contribution in [0.3, 0.4) is 0 Å². The average Bonchev–Trinajstić information content (AvgIpc) is 2.37. The summed E-state index contributed by atoms with van der Waals surface area (Å²) in [5, 5.41) is 4.49. The van der Waals surface area contributed by atoms with Gasteiger partial charge in [0.2, 0.25) is 0 Å². The summed E-state index contributed by atoms with van der Waals surface area (Å²) in [7, 11) is 1.84. The quantitative estimate of drug-likeness (QED) is 0.768. The minimum absolute atomic E-state index is 0.00836. The summed E-state index contributed by atoms with van der Waals surface area (Å²) >= 11 is 9.82. The van der Waals surface area contributed by atoms with Gasteiger partial charge in [0.1, 0.15) is 0 Å². The Hall–Kier alpha value is -0.0900. The number of hydrogen-bond acceptors (Lipinski definition) is 2. The number of halogens is 2. The van der Waals surface area contributed by atoms with Crippen LogP contribution in [0.25, 0.3) is 0 Å². The Kier molecular flexibility index (Phi) is 5.91. The second kappa shape index (κ2) is 7.26. The zero-order chi connectivity index (χ0) is 14.6. The monoisotopic (exact) mass is 359 g/mol. The van der Waals surface area contributed by atoms with E-state index < -0.39 is 0 Å². The summed E-state index contributed by atoms with van der Waals surface area (Å²) in [6.45, 7) is 3.21. The molecule has 1 atom stereocenters. The van der Waals surface area contributed by atoms with Crippen LogP contribution in [0.2, 0.25) is 5.02 Å². The van der Waals surface area contributed by atoms with Crippen LogP contribution in [0.15, 0.2) is 22.7 Å². The van der Waals surface area contributed by atoms with E-state index in [0.717, 1.165) is 41.7 Å². The van der Waals surface area contributed by atoms with Gasteiger partial charge in [0.25, 0.3) is 0 Å². The van der Waals surface area contributed by atoms with Gasteiger partial charge in [-0.3, -0.25) is 0 Å². The van der Waals surface area contributed by atoms with Crippen LogP contribution in [-0.4, -0.2) is 25.3 Å². The van der Waals surface area contributed by atoms with Gasteiger partial charge in [0.15, 0.2) is 0 Å². The maximum absolute atomic E-state index is 6.36. The first kappa shape index (κ1) is 16.3. The van der Waals surface area contributed by atoms with Crippen molar-refractivity contribution in [3.63, 3.8) is 0 Å². The lowest BCUT2D eigenvalue weighted by Gasteiger charge is -2.47. The van der Waals surface area contributed by atoms with E-state index in [-0.39, 0.29) is 5.60 Å². The SMILES string of the molecule is CCCNC(Cc1ccc(Br)cc1Cl)C1(OC)CCC1. The molecule has 1 aliphatic rings. The number of benzene rings is 1. The van der Waals surface area contributed by atoms with Crippen molar-refractivity contribution < 1.29 is 4.74 Å². The summed E-state index contributed by atoms with van der Waals surface area (Å²) in [5.41, 5.74) is 1.18. The first-order chi connectivity index (χ1) is 9.61. The maximum Gasteiger partial charge on any atom is 0.0834 e. The smallest absolute Gasteiger partial charge is 0.0834 e. The van der Waals surface area contributed by atoms with Gasteiger partial charge in [-0.25, -0.2) is 0 Å². The predicted molar refractivity (Wildman–Crippen MR) is 88.5 cm³/mol. The second-order valence-electron chi connectivity index (χ2n) is 5.57. The molecule has 1 unspecified atom stereocenters. The summed E-state index contributed by atoms with van der Waals surface area (Å²) in [6.07, 6.45) is 5.58. The molecule has 0 aromatic heterocycles. The minimum atomic E-state index is -0.00836. The van der Waals surface area contributed by atoms with Crippen molar-refractivity contribution in [2.45, 2.75) is 50.7 Å². The van der Waals surface area contributed by atoms with E-state index >= 15 is 0 Å². The molecule has 4 heteroatoms. The van der Waals surface area contributed by atoms with Gasteiger partial charge >= 0.3 is 0 Å². The Balaban J connectivity index is 2.14. The predicted octanol–water partition coefficient (Wildman–Crippen LogP) is 4.58. The molecule has 0 heterocycles. The van der Waals surface area contributed by atoms with Crippen LogP contribution in [0, 0.1) is 0 Å². The summed E-state index contributed by atoms with van der Waals surface area (Å²) in [6, 6.07) is 6.46. The zero-order valence-corrected chi connectivity index (χ0v) is 14.6. The topological polar surface area (TPSA) is 21.3 Å². The van der Waals surface area contributed by atoms with E-state index in [4.69, 9.17) is 16.3 Å². The molecule has 20 heavy (non-hydrogen) atoms. The molecular formula is C16H23BrClNO. The van der Waals surface area contributed by atoms with Crippen molar-refractivity contribution in [2.75, 3.05) is 13.7 Å². The Bertz CT molecular complexity index is 443. The summed E-state index contributed by atoms with van der Waals surface area (Å²) in [4.78, 5) is 0. The molecule has 1 aromatic carbocycles. The number of ether oxygens (including phenoxy) is 1. The van der Waals surface area contributed by atoms with Crippen LogP contribution in [-0.2, 0) is 11.2 Å². The number of nitrogens with one attached hydrogen (secondary N) is 1. The first-order valence-corrected chi connectivity index (χ1v) is 8.51. The van der Waals surface area contributed by atoms with Crippen molar-refractivity contribution in [3.05, 3.63) is 33.3 Å². The molecule has 0 aliphatic heterocycles. The largest absolute Gasteiger partial charge is 0.377 e. The molecule has 0 amide bonds. The van der Waals surface area contributed by atoms with Crippen LogP contribution in [0.5, 0.6) is 0 Å². The fourth-order valence-electron chi connectivity index (χ4n) is 2.89. The average molecular weight is 361 g/mol. The van der Waals surface area contributed by atoms with Crippen molar-refractivity contribution in [3.8, 4) is 0 Å². The molecule has 1 fully saturated rings. The van der Waals surface area contributed by atoms with Gasteiger partial charge in [-0.2, -0.15) is 0 Å². The van der Waals surface area contributed by atoms with Gasteiger partial charge in [-0.1, -0.05) is 40.5 Å². The summed E-state index contributed by atoms with van der Waals surface area (Å²) in [5.74, 6) is 0. The van der Waals surface area contributed by atoms with E-state index in [1.807, 2.05) is 13.2 Å². The number of hydrogen-bond donors (Lipinski definition) is 1. The molecule has 0 bridgehead atoms. The summed E-state index contributed by atoms with van der Waals surface area (Å²) < 4.78 is 6.88. The van der Waals surface area contributed by atoms with Crippen LogP contribution < -0.4 is 5.32 Å². The molecule has 1 N–H and O–H groups in total. The molecule has 0 saturated heterocycles. The highest BCUT2D eigenvalue weighted by molar-refractivity contribution is 9.10. The van der Waals surface area contributed by atoms with E-state index in [2.05, 4.69) is 40.3 Å². The first-order valence-electron chi connectivity index (χ1n) is 7.34. The highest BCUT2D eigenvalue weighted by Gasteiger charge is 2.44. The standard InChI is InChI=1S/C16H23BrClNO/c1-3-9-19-15(16(20-2)7-4-8-16)10-12-5-6-13(17)11-14(12)18/h5-6,11,15,19H,3-4,7-10H2,1-2H3. The molecule has 1 aromatic rings. The molecule has 1 aliphatic carbocycles. The van der Waals surface area contributed by atoms with Crippen molar-refractivity contribution in [2.24, 2.45) is 0 Å². The van der Waals surface area contributed by atoms with Crippen molar-refractivity contribution >= 4 is 27.5 Å². The Morgan fingerprint density at radius 3 is 2.70 bits per heavy atom. The van der Waals surface area contributed by atoms with E-state index in [0.29, 0.717) is 6.04 Å². The Morgan fingerprint density at radius 1 is 1.45 bits per heavy atom. The molecule has 2 nitrogen and oxygen atoms in total. The molecule has 1 saturated carbocycles. The van der Waals surface area contributed by atoms with E-state index in [1.165, 1.54) is 12.0 Å². The number of methoxy groups -OCH3 is 1. The van der Waals surface area contributed by atoms with Gasteiger partial charge in [0.05, 0.1) is 5.60 Å². The fraction of sp³-hybridized carbons (Fsp3) is 0.625. The lowest BCUT2D eigenvalue weighted by Crippen LogP contribution is -2.57. The van der Waals surface area contributed by atoms with Crippen LogP contribution in [0.1, 0.15) is 38.2 Å². The molecule has 0 radical (unpaired) electrons. The molecular weight excluding hydrogens is 338 g/mol. The van der Waals surface area contributed by atoms with Gasteiger partial charge in [0, 0.05) is 22.6 Å². The minimum Gasteiger partial charge on any atom is -0.377 e. The van der Waals surface area contributed by atoms with Gasteiger partial charge in [-0.05, 0) is 56.3 Å². The third kappa shape index (κ3) is 3.56. The fourth-order valence-corrected chi connectivity index (χ4v) is 3.64. The van der Waals surface area contributed by atoms with Crippen LogP contribution in [0.4, 0.5) is 0 Å². The zero-order valence-electron chi connectivity index (χ0n) is 12.2. The van der Waals surface area contributed by atoms with E-state index in [9.17, 15) is 0 Å². The third-order valence-corrected chi connectivity index (χ3v) is 5.17. The van der Waals surface area contributed by atoms with Gasteiger partial charge < -0.3 is 10.1 Å². The normalized spacial score (nSPS) is 18.6. The van der Waals surface area contributed by atoms with Gasteiger partial charge in [-0.15, -0.1) is 0 Å². The number of rotatable bonds is 7. The second-order valence-corrected chi connectivity index (χ2v) is 6.89. The van der Waals surface area contributed by atoms with Crippen molar-refractivity contribution in [1.29, 1.82) is 0 Å². The highest BCUT2D eigenvalue weighted by atomic mass is 79.9. The molecule has 2 rings (SSSR count). The molecule has 112 valence electrons. The molecule has 0 spiro atoms. The van der Waals surface area contributed by atoms with E-state index in [1.54, 1.807) is 0 Å². The lowest BCUT2D eigenvalue weighted by molar-refractivity contribution is -0.0980. The van der Waals surface area contributed by atoms with Crippen LogP contribution >= 0.6 is 27.5 Å². The Labute approximate surface area is 135 Å².